The number of aromatic nitrogens is 3. The fourth-order valence-corrected chi connectivity index (χ4v) is 3.62. The van der Waals surface area contributed by atoms with Crippen LogP contribution in [0.25, 0.3) is 0 Å². The predicted octanol–water partition coefficient (Wildman–Crippen LogP) is 0.895. The Kier molecular flexibility index (Phi) is 5.03. The number of hydrogen-bond acceptors (Lipinski definition) is 6. The van der Waals surface area contributed by atoms with E-state index in [4.69, 9.17) is 9.15 Å². The zero-order valence-corrected chi connectivity index (χ0v) is 15.8. The molecule has 1 fully saturated rings. The molecule has 4 heterocycles. The summed E-state index contributed by atoms with van der Waals surface area (Å²) in [4.78, 5) is 26.0. The number of ether oxygens (including phenoxy) is 1. The topological polar surface area (TPSA) is 115 Å². The molecule has 2 N–H and O–H groups in total. The third kappa shape index (κ3) is 3.59. The lowest BCUT2D eigenvalue weighted by molar-refractivity contribution is -0.0829. The summed E-state index contributed by atoms with van der Waals surface area (Å²) in [5.41, 5.74) is 1.09. The van der Waals surface area contributed by atoms with E-state index in [1.165, 1.54) is 6.26 Å². The van der Waals surface area contributed by atoms with E-state index in [1.807, 2.05) is 11.6 Å². The maximum atomic E-state index is 12.5. The van der Waals surface area contributed by atoms with Crippen LogP contribution in [0.4, 0.5) is 4.79 Å². The zero-order chi connectivity index (χ0) is 19.6. The molecule has 1 spiro atoms. The highest BCUT2D eigenvalue weighted by molar-refractivity contribution is 5.91. The van der Waals surface area contributed by atoms with E-state index in [0.717, 1.165) is 18.5 Å². The Hall–Kier alpha value is -2.88. The van der Waals surface area contributed by atoms with Gasteiger partial charge in [-0.1, -0.05) is 12.1 Å². The molecule has 28 heavy (non-hydrogen) atoms. The standard InChI is InChI=1S/C18H24N6O4/c1-2-6-19-17(26)20-9-13-14-10-28-18(12-24(14)22-21-13)5-7-23(11-18)16(25)15-4-3-8-27-15/h3-4,8H,2,5-7,9-12H2,1H3,(H2,19,20,26). The number of likely N-dealkylation sites (tertiary alicyclic amines) is 1. The minimum Gasteiger partial charge on any atom is -0.459 e. The van der Waals surface area contributed by atoms with Gasteiger partial charge in [-0.15, -0.1) is 5.10 Å². The van der Waals surface area contributed by atoms with E-state index < -0.39 is 5.60 Å². The molecule has 1 saturated heterocycles. The van der Waals surface area contributed by atoms with Gasteiger partial charge in [-0.3, -0.25) is 4.79 Å². The van der Waals surface area contributed by atoms with Crippen LogP contribution >= 0.6 is 0 Å². The number of urea groups is 1. The normalized spacial score (nSPS) is 21.0. The molecule has 10 heteroatoms. The third-order valence-corrected chi connectivity index (χ3v) is 5.16. The average Bonchev–Trinajstić information content (AvgIpc) is 3.44. The number of rotatable bonds is 5. The molecule has 2 aromatic heterocycles. The Morgan fingerprint density at radius 3 is 3.00 bits per heavy atom. The minimum atomic E-state index is -0.466. The van der Waals surface area contributed by atoms with Gasteiger partial charge in [0.25, 0.3) is 5.91 Å². The molecular formula is C18H24N6O4. The molecule has 3 amide bonds. The van der Waals surface area contributed by atoms with Gasteiger partial charge in [0.05, 0.1) is 38.2 Å². The van der Waals surface area contributed by atoms with Crippen LogP contribution in [-0.4, -0.2) is 57.1 Å². The van der Waals surface area contributed by atoms with Gasteiger partial charge in [0.2, 0.25) is 0 Å². The van der Waals surface area contributed by atoms with Gasteiger partial charge in [-0.2, -0.15) is 0 Å². The van der Waals surface area contributed by atoms with E-state index in [1.54, 1.807) is 17.0 Å². The summed E-state index contributed by atoms with van der Waals surface area (Å²) < 4.78 is 13.2. The number of amides is 3. The van der Waals surface area contributed by atoms with Crippen LogP contribution in [0.3, 0.4) is 0 Å². The lowest BCUT2D eigenvalue weighted by Gasteiger charge is -2.33. The minimum absolute atomic E-state index is 0.127. The van der Waals surface area contributed by atoms with Gasteiger partial charge >= 0.3 is 6.03 Å². The van der Waals surface area contributed by atoms with Crippen molar-refractivity contribution < 1.29 is 18.7 Å². The first-order chi connectivity index (χ1) is 13.6. The second-order valence-electron chi connectivity index (χ2n) is 7.18. The summed E-state index contributed by atoms with van der Waals surface area (Å²) in [6, 6.07) is 3.15. The first-order valence-electron chi connectivity index (χ1n) is 9.50. The SMILES string of the molecule is CCCNC(=O)NCc1nnn2c1COC1(CCN(C(=O)c3ccco3)C1)C2. The molecule has 2 aliphatic rings. The third-order valence-electron chi connectivity index (χ3n) is 5.16. The Labute approximate surface area is 162 Å². The molecule has 1 atom stereocenters. The van der Waals surface area contributed by atoms with Gasteiger partial charge in [0.1, 0.15) is 11.3 Å². The van der Waals surface area contributed by atoms with Crippen molar-refractivity contribution in [3.05, 3.63) is 35.5 Å². The van der Waals surface area contributed by atoms with Gasteiger partial charge in [-0.05, 0) is 25.0 Å². The van der Waals surface area contributed by atoms with E-state index >= 15 is 0 Å². The fourth-order valence-electron chi connectivity index (χ4n) is 3.62. The summed E-state index contributed by atoms with van der Waals surface area (Å²) in [5, 5.41) is 14.0. The lowest BCUT2D eigenvalue weighted by atomic mass is 10.0. The zero-order valence-electron chi connectivity index (χ0n) is 15.8. The Balaban J connectivity index is 1.37. The monoisotopic (exact) mass is 388 g/mol. The van der Waals surface area contributed by atoms with Crippen molar-refractivity contribution in [2.75, 3.05) is 19.6 Å². The van der Waals surface area contributed by atoms with Crippen LogP contribution in [0.2, 0.25) is 0 Å². The van der Waals surface area contributed by atoms with Crippen LogP contribution in [0.5, 0.6) is 0 Å². The van der Waals surface area contributed by atoms with Crippen molar-refractivity contribution in [1.82, 2.24) is 30.5 Å². The molecule has 2 aliphatic heterocycles. The second kappa shape index (κ2) is 7.63. The number of carbonyl (C=O) groups is 2. The number of carbonyl (C=O) groups excluding carboxylic acids is 2. The van der Waals surface area contributed by atoms with Crippen LogP contribution in [-0.2, 0) is 24.4 Å². The van der Waals surface area contributed by atoms with E-state index in [0.29, 0.717) is 50.8 Å². The number of nitrogens with zero attached hydrogens (tertiary/aromatic N) is 4. The molecule has 10 nitrogen and oxygen atoms in total. The van der Waals surface area contributed by atoms with Gasteiger partial charge < -0.3 is 24.7 Å². The van der Waals surface area contributed by atoms with Gasteiger partial charge in [-0.25, -0.2) is 9.48 Å². The molecule has 0 bridgehead atoms. The summed E-state index contributed by atoms with van der Waals surface area (Å²) in [7, 11) is 0. The summed E-state index contributed by atoms with van der Waals surface area (Å²) >= 11 is 0. The Morgan fingerprint density at radius 1 is 1.32 bits per heavy atom. The highest BCUT2D eigenvalue weighted by atomic mass is 16.5. The van der Waals surface area contributed by atoms with E-state index in [2.05, 4.69) is 20.9 Å². The number of furan rings is 1. The highest BCUT2D eigenvalue weighted by Gasteiger charge is 2.45. The maximum Gasteiger partial charge on any atom is 0.315 e. The van der Waals surface area contributed by atoms with Crippen LogP contribution in [0.1, 0.15) is 41.7 Å². The Bertz CT molecular complexity index is 848. The molecule has 0 saturated carbocycles. The number of nitrogens with one attached hydrogen (secondary N) is 2. The molecule has 0 aliphatic carbocycles. The molecule has 0 aromatic carbocycles. The van der Waals surface area contributed by atoms with Crippen molar-refractivity contribution >= 4 is 11.9 Å². The largest absolute Gasteiger partial charge is 0.459 e. The summed E-state index contributed by atoms with van der Waals surface area (Å²) in [5.74, 6) is 0.210. The van der Waals surface area contributed by atoms with Crippen LogP contribution in [0.15, 0.2) is 22.8 Å². The molecular weight excluding hydrogens is 364 g/mol. The average molecular weight is 388 g/mol. The Morgan fingerprint density at radius 2 is 2.21 bits per heavy atom. The molecule has 2 aromatic rings. The molecule has 0 radical (unpaired) electrons. The van der Waals surface area contributed by atoms with Gasteiger partial charge in [0.15, 0.2) is 5.76 Å². The van der Waals surface area contributed by atoms with Crippen molar-refractivity contribution in [2.24, 2.45) is 0 Å². The van der Waals surface area contributed by atoms with Crippen molar-refractivity contribution in [3.63, 3.8) is 0 Å². The quantitative estimate of drug-likeness (QED) is 0.786. The van der Waals surface area contributed by atoms with Crippen LogP contribution in [0, 0.1) is 0 Å². The first kappa shape index (κ1) is 18.5. The number of hydrogen-bond donors (Lipinski definition) is 2. The van der Waals surface area contributed by atoms with Crippen molar-refractivity contribution in [3.8, 4) is 0 Å². The lowest BCUT2D eigenvalue weighted by Crippen LogP contribution is -2.45. The summed E-state index contributed by atoms with van der Waals surface area (Å²) in [6.07, 6.45) is 3.10. The fraction of sp³-hybridized carbons (Fsp3) is 0.556. The maximum absolute atomic E-state index is 12.5. The molecule has 1 unspecified atom stereocenters. The van der Waals surface area contributed by atoms with Gasteiger partial charge in [0, 0.05) is 13.1 Å². The van der Waals surface area contributed by atoms with E-state index in [-0.39, 0.29) is 11.9 Å². The predicted molar refractivity (Wildman–Crippen MR) is 97.3 cm³/mol. The second-order valence-corrected chi connectivity index (χ2v) is 7.18. The van der Waals surface area contributed by atoms with Crippen molar-refractivity contribution in [1.29, 1.82) is 0 Å². The smallest absolute Gasteiger partial charge is 0.315 e. The summed E-state index contributed by atoms with van der Waals surface area (Å²) in [6.45, 7) is 4.89. The van der Waals surface area contributed by atoms with E-state index in [9.17, 15) is 9.59 Å². The number of fused-ring (bicyclic) bond motifs is 1. The van der Waals surface area contributed by atoms with Crippen molar-refractivity contribution in [2.45, 2.75) is 45.1 Å². The highest BCUT2D eigenvalue weighted by Crippen LogP contribution is 2.33. The molecule has 4 rings (SSSR count). The molecule has 150 valence electrons. The first-order valence-corrected chi connectivity index (χ1v) is 9.50. The van der Waals surface area contributed by atoms with Crippen LogP contribution < -0.4 is 10.6 Å².